The number of rotatable bonds is 68. The summed E-state index contributed by atoms with van der Waals surface area (Å²) in [4.78, 5) is 329. The van der Waals surface area contributed by atoms with Gasteiger partial charge in [0.1, 0.15) is 108 Å². The number of primary amides is 1. The third-order valence-electron chi connectivity index (χ3n) is 22.2. The van der Waals surface area contributed by atoms with Gasteiger partial charge in [-0.05, 0) is 128 Å². The van der Waals surface area contributed by atoms with Crippen molar-refractivity contribution < 1.29 is 166 Å². The Kier molecular flexibility index (Phi) is 54.6. The highest BCUT2D eigenvalue weighted by atomic mass is 16.4. The Labute approximate surface area is 853 Å². The third-order valence-corrected chi connectivity index (χ3v) is 22.2. The summed E-state index contributed by atoms with van der Waals surface area (Å²) in [6.07, 6.45) is -6.31. The van der Waals surface area contributed by atoms with Crippen molar-refractivity contribution >= 4 is 142 Å². The highest BCUT2D eigenvalue weighted by Gasteiger charge is 2.42. The van der Waals surface area contributed by atoms with Gasteiger partial charge in [-0.25, -0.2) is 9.78 Å². The number of aliphatic carboxylic acids is 4. The van der Waals surface area contributed by atoms with Crippen molar-refractivity contribution in [2.75, 3.05) is 39.5 Å². The molecule has 0 aliphatic carbocycles. The lowest BCUT2D eigenvalue weighted by molar-refractivity contribution is -0.142. The van der Waals surface area contributed by atoms with Crippen LogP contribution in [0, 0.1) is 11.8 Å². The monoisotopic (exact) mass is 2110 g/mol. The summed E-state index contributed by atoms with van der Waals surface area (Å²) in [7, 11) is 0. The average Bonchev–Trinajstić information content (AvgIpc) is 1.55. The summed E-state index contributed by atoms with van der Waals surface area (Å²) in [6.45, 7) is 7.02. The van der Waals surface area contributed by atoms with Crippen LogP contribution in [-0.4, -0.2) is 363 Å². The molecule has 20 amide bonds. The normalized spacial score (nSPS) is 15.0. The van der Waals surface area contributed by atoms with Gasteiger partial charge in [0.05, 0.1) is 69.6 Å². The van der Waals surface area contributed by atoms with Gasteiger partial charge in [0, 0.05) is 44.7 Å². The Morgan fingerprint density at radius 2 is 0.779 bits per heavy atom. The van der Waals surface area contributed by atoms with Gasteiger partial charge in [0.2, 0.25) is 118 Å². The standard InChI is InChI=1S/C91H138N24O34/c1-42(2)30-57(79(137)102-53(24-27-67(125)126)76(134)96-36-65(123)101-55(23-26-64(94)122)78(136)100-44(5)73(131)99-45(6)74(132)103-56(89(147)148)18-14-15-29-92)104-80(138)58(32-49-19-21-51(121)22-20-49)105-83(141)61(38-116)108-85(143)63(40-118)109-86(144)70(43(3)4)113-82(140)60(34-69(129)130)106-84(142)62(39-117)110-88(146)72(47(8)120)114-81(139)59(31-48-16-12-11-13-17-48)107-87(145)71(46(7)119)112-66(124)37-97-77(135)54(25-28-68(127)128)111-90(149)91(9,10)115-75(133)52(93)33-50-35-95-41-98-50/h11-13,16-17,19-22,35,41-47,52-63,70-72,116-121H,14-15,18,23-34,36-40,92-93H2,1-10H3,(H2,94,122)(H,95,98)(H,96,134)(H,97,135)(H,99,131)(H,100,136)(H,101,123)(H,102,137)(H,103,132)(H,104,138)(H,105,141)(H,106,142)(H,107,145)(H,108,143)(H,109,144)(H,110,146)(H,111,149)(H,112,124)(H,113,140)(H,114,139)(H,115,133)(H,125,126)(H,127,128)(H,129,130)(H,147,148)/t44-,45-,46+,47+,52-,53-,54-,55-,56-,57-,58-,59-,60-,61-,62-,63-,70-,71-,72-/m0/s1. The first kappa shape index (κ1) is 128. The van der Waals surface area contributed by atoms with Crippen molar-refractivity contribution in [3.05, 3.63) is 83.9 Å². The van der Waals surface area contributed by atoms with Crippen molar-refractivity contribution in [1.82, 2.24) is 111 Å². The van der Waals surface area contributed by atoms with E-state index in [2.05, 4.69) is 100 Å². The van der Waals surface area contributed by atoms with Gasteiger partial charge in [-0.3, -0.25) is 110 Å². The fourth-order valence-electron chi connectivity index (χ4n) is 13.8. The Bertz CT molecular complexity index is 5110. The van der Waals surface area contributed by atoms with E-state index in [9.17, 15) is 166 Å². The number of nitrogens with zero attached hydrogens (tertiary/aromatic N) is 1. The number of carboxylic acid groups (broad SMARTS) is 4. The van der Waals surface area contributed by atoms with Crippen LogP contribution in [0.25, 0.3) is 0 Å². The molecule has 0 aliphatic rings. The van der Waals surface area contributed by atoms with Crippen LogP contribution < -0.4 is 118 Å². The number of aromatic nitrogens is 2. The van der Waals surface area contributed by atoms with E-state index < -0.39 is 365 Å². The molecule has 0 unspecified atom stereocenters. The van der Waals surface area contributed by atoms with Gasteiger partial charge in [-0.1, -0.05) is 70.2 Å². The zero-order valence-electron chi connectivity index (χ0n) is 83.6. The number of aromatic amines is 1. The number of nitrogens with two attached hydrogens (primary N) is 3. The maximum Gasteiger partial charge on any atom is 0.326 e. The van der Waals surface area contributed by atoms with E-state index in [1.54, 1.807) is 19.9 Å². The van der Waals surface area contributed by atoms with Crippen molar-refractivity contribution in [1.29, 1.82) is 0 Å². The molecule has 36 N–H and O–H groups in total. The molecule has 0 aliphatic heterocycles. The molecule has 0 spiro atoms. The van der Waals surface area contributed by atoms with Gasteiger partial charge < -0.3 is 174 Å². The molecule has 19 atom stereocenters. The van der Waals surface area contributed by atoms with E-state index in [1.807, 2.05) is 10.6 Å². The molecule has 58 nitrogen and oxygen atoms in total. The molecule has 1 aromatic heterocycles. The number of carboxylic acids is 4. The van der Waals surface area contributed by atoms with Crippen molar-refractivity contribution in [3.8, 4) is 5.75 Å². The highest BCUT2D eigenvalue weighted by Crippen LogP contribution is 2.17. The maximum atomic E-state index is 14.6. The highest BCUT2D eigenvalue weighted by molar-refractivity contribution is 6.03. The summed E-state index contributed by atoms with van der Waals surface area (Å²) in [5.41, 5.74) is 16.0. The van der Waals surface area contributed by atoms with Crippen LogP contribution in [0.1, 0.15) is 157 Å². The number of H-pyrrole nitrogens is 1. The Morgan fingerprint density at radius 1 is 0.389 bits per heavy atom. The summed E-state index contributed by atoms with van der Waals surface area (Å²) in [5.74, 6) is -31.6. The molecule has 3 aromatic rings. The zero-order valence-corrected chi connectivity index (χ0v) is 83.6. The molecule has 0 fully saturated rings. The molecule has 0 saturated carbocycles. The minimum atomic E-state index is -2.23. The predicted octanol–water partition coefficient (Wildman–Crippen LogP) is -12.5. The summed E-state index contributed by atoms with van der Waals surface area (Å²) in [6, 6.07) is -17.7. The van der Waals surface area contributed by atoms with Crippen LogP contribution >= 0.6 is 0 Å². The number of aliphatic hydroxyl groups excluding tert-OH is 5. The summed E-state index contributed by atoms with van der Waals surface area (Å²) >= 11 is 0. The first-order valence-electron chi connectivity index (χ1n) is 47.2. The number of nitrogens with one attached hydrogen (secondary N) is 20. The van der Waals surface area contributed by atoms with Crippen molar-refractivity contribution in [2.45, 2.75) is 280 Å². The van der Waals surface area contributed by atoms with Gasteiger partial charge >= 0.3 is 23.9 Å². The number of carbonyl (C=O) groups is 24. The van der Waals surface area contributed by atoms with E-state index in [1.165, 1.54) is 103 Å². The van der Waals surface area contributed by atoms with E-state index in [0.29, 0.717) is 24.1 Å². The number of phenolic OH excluding ortho intramolecular Hbond substituents is 1. The van der Waals surface area contributed by atoms with Crippen LogP contribution in [-0.2, 0) is 134 Å². The first-order valence-corrected chi connectivity index (χ1v) is 47.2. The molecule has 826 valence electrons. The molecule has 3 rings (SSSR count). The number of benzene rings is 2. The molecule has 0 bridgehead atoms. The Hall–Kier alpha value is -15.5. The number of imidazole rings is 1. The lowest BCUT2D eigenvalue weighted by atomic mass is 10.00. The number of hydrogen-bond acceptors (Lipinski definition) is 33. The summed E-state index contributed by atoms with van der Waals surface area (Å²) in [5, 5.41) is 145. The van der Waals surface area contributed by atoms with Gasteiger partial charge in [0.15, 0.2) is 0 Å². The van der Waals surface area contributed by atoms with Crippen LogP contribution in [0.3, 0.4) is 0 Å². The van der Waals surface area contributed by atoms with Crippen molar-refractivity contribution in [2.24, 2.45) is 29.0 Å². The quantitative estimate of drug-likeness (QED) is 0.0233. The van der Waals surface area contributed by atoms with Crippen LogP contribution in [0.5, 0.6) is 5.75 Å². The minimum Gasteiger partial charge on any atom is -0.508 e. The molecule has 1 heterocycles. The number of unbranched alkanes of at least 4 members (excludes halogenated alkanes) is 1. The first-order chi connectivity index (χ1) is 69.8. The van der Waals surface area contributed by atoms with E-state index in [0.717, 1.165) is 13.8 Å². The van der Waals surface area contributed by atoms with Gasteiger partial charge in [-0.2, -0.15) is 0 Å². The average molecular weight is 2110 g/mol. The second kappa shape index (κ2) is 63.8. The zero-order chi connectivity index (χ0) is 113. The van der Waals surface area contributed by atoms with E-state index >= 15 is 0 Å². The molecule has 149 heavy (non-hydrogen) atoms. The number of aliphatic hydroxyl groups is 5. The number of aromatic hydroxyl groups is 1. The SMILES string of the molecule is CC(C)C[C@H](NC(=O)[C@H](Cc1ccc(O)cc1)NC(=O)[C@H](CO)NC(=O)[C@H](CO)NC(=O)[C@@H](NC(=O)[C@H](CC(=O)O)NC(=O)[C@H](CO)NC(=O)[C@@H](NC(=O)[C@H](Cc1ccccc1)NC(=O)[C@@H](NC(=O)CNC(=O)[C@H](CCC(=O)O)NC(=O)C(C)(C)NC(=O)[C@@H](N)Cc1c[nH]cn1)[C@@H](C)O)[C@@H](C)O)C(C)C)C(=O)N[C@@H](CCC(=O)O)C(=O)NCC(=O)N[C@@H](CCC(N)=O)C(=O)N[C@@H](C)C(=O)N[C@@H](C)C(=O)N[C@@H](CCCCN)C(=O)O. The van der Waals surface area contributed by atoms with Gasteiger partial charge in [-0.15, -0.1) is 0 Å². The predicted molar refractivity (Wildman–Crippen MR) is 517 cm³/mol. The lowest BCUT2D eigenvalue weighted by Gasteiger charge is -2.29. The van der Waals surface area contributed by atoms with Crippen molar-refractivity contribution in [3.63, 3.8) is 0 Å². The molecular weight excluding hydrogens is 1970 g/mol. The number of carbonyl (C=O) groups excluding carboxylic acids is 20. The Morgan fingerprint density at radius 3 is 1.24 bits per heavy atom. The molecule has 58 heteroatoms. The minimum absolute atomic E-state index is 0.0263. The van der Waals surface area contributed by atoms with Crippen LogP contribution in [0.4, 0.5) is 0 Å². The largest absolute Gasteiger partial charge is 0.508 e. The molecular formula is C91H138N24O34. The lowest BCUT2D eigenvalue weighted by Crippen LogP contribution is -2.63. The third kappa shape index (κ3) is 46.4. The molecule has 0 radical (unpaired) electrons. The second-order valence-electron chi connectivity index (χ2n) is 36.1. The number of hydrogen-bond donors (Lipinski definition) is 33. The summed E-state index contributed by atoms with van der Waals surface area (Å²) < 4.78 is 0. The smallest absolute Gasteiger partial charge is 0.326 e. The number of amides is 20. The van der Waals surface area contributed by atoms with Crippen LogP contribution in [0.15, 0.2) is 67.1 Å². The van der Waals surface area contributed by atoms with E-state index in [4.69, 9.17) is 17.2 Å². The second-order valence-corrected chi connectivity index (χ2v) is 36.1. The molecule has 0 saturated heterocycles. The fraction of sp³-hybridized carbons (Fsp3) is 0.571. The topological polar surface area (TPSA) is 947 Å². The number of phenols is 1. The Balaban J connectivity index is 1.81. The molecule has 2 aromatic carbocycles. The fourth-order valence-corrected chi connectivity index (χ4v) is 13.8. The maximum absolute atomic E-state index is 14.6. The van der Waals surface area contributed by atoms with E-state index in [-0.39, 0.29) is 37.1 Å². The van der Waals surface area contributed by atoms with Crippen LogP contribution in [0.2, 0.25) is 0 Å². The van der Waals surface area contributed by atoms with Gasteiger partial charge in [0.25, 0.3) is 0 Å².